The van der Waals surface area contributed by atoms with Crippen molar-refractivity contribution in [2.45, 2.75) is 46.1 Å². The van der Waals surface area contributed by atoms with Crippen LogP contribution >= 0.6 is 11.3 Å². The Balaban J connectivity index is 2.05. The van der Waals surface area contributed by atoms with E-state index in [1.54, 1.807) is 11.3 Å². The monoisotopic (exact) mass is 226 g/mol. The molecule has 15 heavy (non-hydrogen) atoms. The first-order chi connectivity index (χ1) is 7.20. The third-order valence-electron chi connectivity index (χ3n) is 2.55. The summed E-state index contributed by atoms with van der Waals surface area (Å²) in [7, 11) is 0. The summed E-state index contributed by atoms with van der Waals surface area (Å²) in [6.45, 7) is 7.85. The quantitative estimate of drug-likeness (QED) is 0.718. The Hall–Kier alpha value is -0.410. The number of rotatable bonds is 7. The summed E-state index contributed by atoms with van der Waals surface area (Å²) in [5.41, 5.74) is 3.07. The zero-order valence-corrected chi connectivity index (χ0v) is 10.8. The van der Waals surface area contributed by atoms with Crippen LogP contribution in [0.5, 0.6) is 0 Å². The van der Waals surface area contributed by atoms with E-state index in [1.165, 1.54) is 25.0 Å². The molecule has 0 amide bonds. The Labute approximate surface area is 97.1 Å². The molecule has 0 aliphatic carbocycles. The van der Waals surface area contributed by atoms with E-state index < -0.39 is 0 Å². The van der Waals surface area contributed by atoms with Crippen LogP contribution in [0.1, 0.15) is 51.8 Å². The van der Waals surface area contributed by atoms with Crippen LogP contribution in [-0.4, -0.2) is 11.5 Å². The van der Waals surface area contributed by atoms with Gasteiger partial charge in [-0.05, 0) is 25.8 Å². The molecule has 1 aromatic heterocycles. The van der Waals surface area contributed by atoms with Crippen molar-refractivity contribution in [1.29, 1.82) is 0 Å². The van der Waals surface area contributed by atoms with Gasteiger partial charge in [-0.3, -0.25) is 0 Å². The SMILES string of the molecule is CC(C)CCCCNC(C)c1cscn1. The second-order valence-electron chi connectivity index (χ2n) is 4.48. The molecule has 1 N–H and O–H groups in total. The highest BCUT2D eigenvalue weighted by Gasteiger charge is 2.05. The van der Waals surface area contributed by atoms with Gasteiger partial charge in [-0.15, -0.1) is 11.3 Å². The lowest BCUT2D eigenvalue weighted by atomic mass is 10.1. The average Bonchev–Trinajstić information content (AvgIpc) is 2.69. The zero-order chi connectivity index (χ0) is 11.1. The minimum atomic E-state index is 0.398. The second-order valence-corrected chi connectivity index (χ2v) is 5.20. The molecule has 1 atom stereocenters. The summed E-state index contributed by atoms with van der Waals surface area (Å²) in [5.74, 6) is 0.834. The Bertz CT molecular complexity index is 244. The summed E-state index contributed by atoms with van der Waals surface area (Å²) in [6.07, 6.45) is 3.94. The molecule has 0 aromatic carbocycles. The molecule has 0 radical (unpaired) electrons. The number of hydrogen-bond donors (Lipinski definition) is 1. The Morgan fingerprint density at radius 1 is 1.33 bits per heavy atom. The molecular weight excluding hydrogens is 204 g/mol. The van der Waals surface area contributed by atoms with Gasteiger partial charge in [0.05, 0.1) is 11.2 Å². The van der Waals surface area contributed by atoms with Crippen molar-refractivity contribution >= 4 is 11.3 Å². The minimum Gasteiger partial charge on any atom is -0.309 e. The van der Waals surface area contributed by atoms with E-state index in [9.17, 15) is 0 Å². The minimum absolute atomic E-state index is 0.398. The molecule has 0 fully saturated rings. The van der Waals surface area contributed by atoms with Gasteiger partial charge in [0.25, 0.3) is 0 Å². The van der Waals surface area contributed by atoms with Gasteiger partial charge in [0.15, 0.2) is 0 Å². The van der Waals surface area contributed by atoms with Crippen molar-refractivity contribution in [2.24, 2.45) is 5.92 Å². The molecule has 3 heteroatoms. The molecule has 1 heterocycles. The lowest BCUT2D eigenvalue weighted by molar-refractivity contribution is 0.495. The maximum atomic E-state index is 4.30. The molecule has 0 bridgehead atoms. The third kappa shape index (κ3) is 5.28. The summed E-state index contributed by atoms with van der Waals surface area (Å²) in [5, 5.41) is 5.62. The summed E-state index contributed by atoms with van der Waals surface area (Å²) < 4.78 is 0. The summed E-state index contributed by atoms with van der Waals surface area (Å²) in [4.78, 5) is 4.30. The van der Waals surface area contributed by atoms with E-state index in [0.29, 0.717) is 6.04 Å². The first-order valence-corrected chi connectivity index (χ1v) is 6.76. The number of aromatic nitrogens is 1. The Morgan fingerprint density at radius 3 is 2.73 bits per heavy atom. The molecule has 0 saturated carbocycles. The molecule has 1 aromatic rings. The van der Waals surface area contributed by atoms with Crippen LogP contribution in [0.15, 0.2) is 10.9 Å². The molecular formula is C12H22N2S. The maximum Gasteiger partial charge on any atom is 0.0795 e. The van der Waals surface area contributed by atoms with Gasteiger partial charge in [-0.1, -0.05) is 26.7 Å². The van der Waals surface area contributed by atoms with Crippen LogP contribution in [0.4, 0.5) is 0 Å². The van der Waals surface area contributed by atoms with Gasteiger partial charge >= 0.3 is 0 Å². The molecule has 0 saturated heterocycles. The fourth-order valence-corrected chi connectivity index (χ4v) is 2.18. The van der Waals surface area contributed by atoms with E-state index in [1.807, 2.05) is 5.51 Å². The summed E-state index contributed by atoms with van der Waals surface area (Å²) in [6, 6.07) is 0.398. The van der Waals surface area contributed by atoms with E-state index >= 15 is 0 Å². The van der Waals surface area contributed by atoms with Crippen molar-refractivity contribution < 1.29 is 0 Å². The lowest BCUT2D eigenvalue weighted by Gasteiger charge is -2.11. The van der Waals surface area contributed by atoms with Gasteiger partial charge in [-0.2, -0.15) is 0 Å². The van der Waals surface area contributed by atoms with Gasteiger partial charge < -0.3 is 5.32 Å². The van der Waals surface area contributed by atoms with Gasteiger partial charge in [0, 0.05) is 11.4 Å². The Kier molecular flexibility index (Phi) is 5.88. The third-order valence-corrected chi connectivity index (χ3v) is 3.16. The van der Waals surface area contributed by atoms with E-state index in [4.69, 9.17) is 0 Å². The molecule has 0 aliphatic heterocycles. The van der Waals surface area contributed by atoms with Gasteiger partial charge in [0.1, 0.15) is 0 Å². The van der Waals surface area contributed by atoms with Crippen LogP contribution in [0.25, 0.3) is 0 Å². The highest BCUT2D eigenvalue weighted by atomic mass is 32.1. The number of hydrogen-bond acceptors (Lipinski definition) is 3. The van der Waals surface area contributed by atoms with E-state index in [-0.39, 0.29) is 0 Å². The fourth-order valence-electron chi connectivity index (χ4n) is 1.54. The van der Waals surface area contributed by atoms with Crippen LogP contribution in [-0.2, 0) is 0 Å². The zero-order valence-electron chi connectivity index (χ0n) is 9.99. The summed E-state index contributed by atoms with van der Waals surface area (Å²) >= 11 is 1.66. The van der Waals surface area contributed by atoms with Crippen LogP contribution in [0, 0.1) is 5.92 Å². The van der Waals surface area contributed by atoms with Gasteiger partial charge in [-0.25, -0.2) is 4.98 Å². The highest BCUT2D eigenvalue weighted by Crippen LogP contribution is 2.12. The lowest BCUT2D eigenvalue weighted by Crippen LogP contribution is -2.20. The first-order valence-electron chi connectivity index (χ1n) is 5.81. The molecule has 1 rings (SSSR count). The number of thiazole rings is 1. The molecule has 86 valence electrons. The Morgan fingerprint density at radius 2 is 2.13 bits per heavy atom. The smallest absolute Gasteiger partial charge is 0.0795 e. The second kappa shape index (κ2) is 6.96. The standard InChI is InChI=1S/C12H22N2S/c1-10(2)6-4-5-7-13-11(3)12-8-15-9-14-12/h8-11,13H,4-7H2,1-3H3. The first kappa shape index (κ1) is 12.7. The number of nitrogens with one attached hydrogen (secondary N) is 1. The van der Waals surface area contributed by atoms with Crippen LogP contribution in [0.3, 0.4) is 0 Å². The van der Waals surface area contributed by atoms with Crippen molar-refractivity contribution in [3.05, 3.63) is 16.6 Å². The maximum absolute atomic E-state index is 4.30. The van der Waals surface area contributed by atoms with E-state index in [0.717, 1.165) is 12.5 Å². The topological polar surface area (TPSA) is 24.9 Å². The van der Waals surface area contributed by atoms with E-state index in [2.05, 4.69) is 36.5 Å². The van der Waals surface area contributed by atoms with Crippen LogP contribution in [0.2, 0.25) is 0 Å². The largest absolute Gasteiger partial charge is 0.309 e. The fraction of sp³-hybridized carbons (Fsp3) is 0.750. The highest BCUT2D eigenvalue weighted by molar-refractivity contribution is 7.07. The normalized spacial score (nSPS) is 13.3. The van der Waals surface area contributed by atoms with Crippen molar-refractivity contribution in [2.75, 3.05) is 6.54 Å². The van der Waals surface area contributed by atoms with Crippen molar-refractivity contribution in [3.8, 4) is 0 Å². The van der Waals surface area contributed by atoms with Crippen LogP contribution < -0.4 is 5.32 Å². The van der Waals surface area contributed by atoms with Gasteiger partial charge in [0.2, 0.25) is 0 Å². The van der Waals surface area contributed by atoms with Crippen molar-refractivity contribution in [3.63, 3.8) is 0 Å². The average molecular weight is 226 g/mol. The molecule has 0 spiro atoms. The van der Waals surface area contributed by atoms with Crippen molar-refractivity contribution in [1.82, 2.24) is 10.3 Å². The number of unbranched alkanes of at least 4 members (excludes halogenated alkanes) is 1. The molecule has 1 unspecified atom stereocenters. The predicted molar refractivity (Wildman–Crippen MR) is 67.2 cm³/mol. The predicted octanol–water partition coefficient (Wildman–Crippen LogP) is 3.62. The molecule has 0 aliphatic rings. The molecule has 2 nitrogen and oxygen atoms in total. The number of nitrogens with zero attached hydrogens (tertiary/aromatic N) is 1.